The van der Waals surface area contributed by atoms with Crippen molar-refractivity contribution >= 4 is 17.3 Å². The minimum Gasteiger partial charge on any atom is -0.370 e. The van der Waals surface area contributed by atoms with E-state index in [1.54, 1.807) is 25.3 Å². The molecule has 1 fully saturated rings. The summed E-state index contributed by atoms with van der Waals surface area (Å²) in [6.07, 6.45) is 2.82. The van der Waals surface area contributed by atoms with Gasteiger partial charge in [-0.25, -0.2) is 4.98 Å². The van der Waals surface area contributed by atoms with Crippen LogP contribution in [0.5, 0.6) is 0 Å². The molecule has 1 unspecified atom stereocenters. The zero-order valence-corrected chi connectivity index (χ0v) is 13.7. The monoisotopic (exact) mass is 320 g/mol. The maximum absolute atomic E-state index is 11.6. The van der Waals surface area contributed by atoms with Crippen molar-refractivity contribution in [2.24, 2.45) is 5.92 Å². The summed E-state index contributed by atoms with van der Waals surface area (Å²) in [7, 11) is 0. The average Bonchev–Trinajstić information content (AvgIpc) is 3.09. The highest BCUT2D eigenvalue weighted by atomic mass is 16.1. The van der Waals surface area contributed by atoms with Gasteiger partial charge in [-0.2, -0.15) is 5.26 Å². The van der Waals surface area contributed by atoms with Gasteiger partial charge in [0.2, 0.25) is 0 Å². The third-order valence-corrected chi connectivity index (χ3v) is 4.39. The predicted molar refractivity (Wildman–Crippen MR) is 94.2 cm³/mol. The first-order valence-electron chi connectivity index (χ1n) is 8.12. The first kappa shape index (κ1) is 16.0. The van der Waals surface area contributed by atoms with E-state index < -0.39 is 0 Å². The number of nitrogens with zero attached hydrogens (tertiary/aromatic N) is 3. The van der Waals surface area contributed by atoms with Gasteiger partial charge in [0.1, 0.15) is 11.9 Å². The van der Waals surface area contributed by atoms with E-state index in [0.717, 1.165) is 37.6 Å². The summed E-state index contributed by atoms with van der Waals surface area (Å²) >= 11 is 0. The van der Waals surface area contributed by atoms with E-state index >= 15 is 0 Å². The van der Waals surface area contributed by atoms with E-state index in [0.29, 0.717) is 17.0 Å². The quantitative estimate of drug-likeness (QED) is 0.857. The minimum atomic E-state index is 0.0216. The number of aromatic nitrogens is 1. The summed E-state index contributed by atoms with van der Waals surface area (Å²) in [6.45, 7) is 4.16. The molecule has 2 aromatic rings. The second-order valence-electron chi connectivity index (χ2n) is 6.10. The van der Waals surface area contributed by atoms with Gasteiger partial charge < -0.3 is 10.2 Å². The van der Waals surface area contributed by atoms with Crippen LogP contribution in [-0.2, 0) is 0 Å². The third-order valence-electron chi connectivity index (χ3n) is 4.39. The van der Waals surface area contributed by atoms with Gasteiger partial charge in [-0.1, -0.05) is 6.07 Å². The van der Waals surface area contributed by atoms with Crippen molar-refractivity contribution in [3.63, 3.8) is 0 Å². The van der Waals surface area contributed by atoms with Gasteiger partial charge in [0.15, 0.2) is 5.78 Å². The Morgan fingerprint density at radius 3 is 3.00 bits per heavy atom. The van der Waals surface area contributed by atoms with Crippen molar-refractivity contribution in [3.8, 4) is 6.07 Å². The first-order chi connectivity index (χ1) is 11.7. The molecule has 0 aliphatic carbocycles. The fourth-order valence-electron chi connectivity index (χ4n) is 3.04. The number of rotatable bonds is 5. The van der Waals surface area contributed by atoms with Crippen LogP contribution in [0.4, 0.5) is 11.5 Å². The largest absolute Gasteiger partial charge is 0.370 e. The number of carbonyl (C=O) groups excluding carboxylic acids is 1. The van der Waals surface area contributed by atoms with Crippen LogP contribution in [0.1, 0.15) is 29.3 Å². The fraction of sp³-hybridized carbons (Fsp3) is 0.316. The molecule has 1 aliphatic heterocycles. The topological polar surface area (TPSA) is 69.0 Å². The molecule has 3 rings (SSSR count). The molecule has 24 heavy (non-hydrogen) atoms. The number of hydrogen-bond donors (Lipinski definition) is 1. The molecule has 1 aromatic heterocycles. The number of Topliss-reactive ketones (excluding diaryl/α,β-unsaturated/α-hetero) is 1. The summed E-state index contributed by atoms with van der Waals surface area (Å²) < 4.78 is 0. The van der Waals surface area contributed by atoms with E-state index in [4.69, 9.17) is 0 Å². The van der Waals surface area contributed by atoms with Crippen molar-refractivity contribution < 1.29 is 4.79 Å². The Bertz CT molecular complexity index is 767. The highest BCUT2D eigenvalue weighted by Gasteiger charge is 2.24. The zero-order chi connectivity index (χ0) is 16.9. The number of nitrogens with one attached hydrogen (secondary N) is 1. The molecule has 5 heteroatoms. The van der Waals surface area contributed by atoms with Crippen LogP contribution < -0.4 is 10.2 Å². The summed E-state index contributed by atoms with van der Waals surface area (Å²) in [5.74, 6) is 1.39. The van der Waals surface area contributed by atoms with Crippen molar-refractivity contribution in [1.82, 2.24) is 4.98 Å². The van der Waals surface area contributed by atoms with Crippen LogP contribution in [0.25, 0.3) is 0 Å². The van der Waals surface area contributed by atoms with Crippen molar-refractivity contribution in [2.75, 3.05) is 29.9 Å². The fourth-order valence-corrected chi connectivity index (χ4v) is 3.04. The number of ketones is 1. The predicted octanol–water partition coefficient (Wildman–Crippen LogP) is 3.09. The van der Waals surface area contributed by atoms with Gasteiger partial charge in [-0.15, -0.1) is 0 Å². The SMILES string of the molecule is CC(=O)c1ccc(C#N)c(N2CCC(CNc3ccccn3)C2)c1. The van der Waals surface area contributed by atoms with E-state index in [2.05, 4.69) is 21.3 Å². The lowest BCUT2D eigenvalue weighted by molar-refractivity contribution is 0.101. The second-order valence-corrected chi connectivity index (χ2v) is 6.10. The normalized spacial score (nSPS) is 16.7. The van der Waals surface area contributed by atoms with Gasteiger partial charge in [0, 0.05) is 31.4 Å². The highest BCUT2D eigenvalue weighted by molar-refractivity contribution is 5.95. The number of benzene rings is 1. The van der Waals surface area contributed by atoms with Gasteiger partial charge in [-0.05, 0) is 49.6 Å². The average molecular weight is 320 g/mol. The molecule has 1 saturated heterocycles. The van der Waals surface area contributed by atoms with E-state index in [-0.39, 0.29) is 5.78 Å². The van der Waals surface area contributed by atoms with Crippen molar-refractivity contribution in [1.29, 1.82) is 5.26 Å². The Kier molecular flexibility index (Phi) is 4.76. The van der Waals surface area contributed by atoms with Crippen LogP contribution in [0.2, 0.25) is 0 Å². The Balaban J connectivity index is 1.68. The minimum absolute atomic E-state index is 0.0216. The molecule has 122 valence electrons. The molecular formula is C19H20N4O. The van der Waals surface area contributed by atoms with Crippen LogP contribution >= 0.6 is 0 Å². The molecule has 0 spiro atoms. The Morgan fingerprint density at radius 2 is 2.29 bits per heavy atom. The molecule has 0 bridgehead atoms. The van der Waals surface area contributed by atoms with E-state index in [9.17, 15) is 10.1 Å². The van der Waals surface area contributed by atoms with Crippen LogP contribution in [0.3, 0.4) is 0 Å². The van der Waals surface area contributed by atoms with E-state index in [1.807, 2.05) is 24.3 Å². The lowest BCUT2D eigenvalue weighted by Crippen LogP contribution is -2.23. The molecule has 1 atom stereocenters. The van der Waals surface area contributed by atoms with Crippen LogP contribution in [0.15, 0.2) is 42.6 Å². The smallest absolute Gasteiger partial charge is 0.159 e. The molecule has 0 amide bonds. The van der Waals surface area contributed by atoms with Gasteiger partial charge in [0.25, 0.3) is 0 Å². The second kappa shape index (κ2) is 7.14. The molecule has 5 nitrogen and oxygen atoms in total. The van der Waals surface area contributed by atoms with Gasteiger partial charge in [0.05, 0.1) is 11.3 Å². The molecule has 0 saturated carbocycles. The van der Waals surface area contributed by atoms with Crippen LogP contribution in [-0.4, -0.2) is 30.4 Å². The highest BCUT2D eigenvalue weighted by Crippen LogP contribution is 2.28. The van der Waals surface area contributed by atoms with Crippen molar-refractivity contribution in [3.05, 3.63) is 53.7 Å². The molecular weight excluding hydrogens is 300 g/mol. The number of anilines is 2. The number of pyridine rings is 1. The van der Waals surface area contributed by atoms with Crippen molar-refractivity contribution in [2.45, 2.75) is 13.3 Å². The lowest BCUT2D eigenvalue weighted by atomic mass is 10.1. The molecule has 2 heterocycles. The summed E-state index contributed by atoms with van der Waals surface area (Å²) in [5, 5.41) is 12.7. The summed E-state index contributed by atoms with van der Waals surface area (Å²) in [6, 6.07) is 13.4. The zero-order valence-electron chi connectivity index (χ0n) is 13.7. The molecule has 0 radical (unpaired) electrons. The molecule has 1 aliphatic rings. The Morgan fingerprint density at radius 1 is 1.42 bits per heavy atom. The Labute approximate surface area is 141 Å². The third kappa shape index (κ3) is 3.54. The summed E-state index contributed by atoms with van der Waals surface area (Å²) in [4.78, 5) is 18.1. The number of nitriles is 1. The number of carbonyl (C=O) groups is 1. The maximum Gasteiger partial charge on any atom is 0.159 e. The van der Waals surface area contributed by atoms with Crippen LogP contribution in [0, 0.1) is 17.2 Å². The standard InChI is InChI=1S/C19H20N4O/c1-14(24)16-5-6-17(11-20)18(10-16)23-9-7-15(13-23)12-22-19-4-2-3-8-21-19/h2-6,8,10,15H,7,9,12-13H2,1H3,(H,21,22). The summed E-state index contributed by atoms with van der Waals surface area (Å²) in [5.41, 5.74) is 2.14. The van der Waals surface area contributed by atoms with Gasteiger partial charge in [-0.3, -0.25) is 4.79 Å². The van der Waals surface area contributed by atoms with Gasteiger partial charge >= 0.3 is 0 Å². The maximum atomic E-state index is 11.6. The number of hydrogen-bond acceptors (Lipinski definition) is 5. The van der Waals surface area contributed by atoms with E-state index in [1.165, 1.54) is 0 Å². The first-order valence-corrected chi connectivity index (χ1v) is 8.12. The lowest BCUT2D eigenvalue weighted by Gasteiger charge is -2.21. The Hall–Kier alpha value is -2.87. The molecule has 1 aromatic carbocycles. The molecule has 1 N–H and O–H groups in total.